The Labute approximate surface area is 103 Å². The quantitative estimate of drug-likeness (QED) is 0.808. The Balaban J connectivity index is 1.70. The van der Waals surface area contributed by atoms with Gasteiger partial charge in [-0.05, 0) is 30.5 Å². The molecule has 2 N–H and O–H groups in total. The van der Waals surface area contributed by atoms with E-state index in [1.807, 2.05) is 0 Å². The van der Waals surface area contributed by atoms with Crippen LogP contribution in [0.2, 0.25) is 0 Å². The summed E-state index contributed by atoms with van der Waals surface area (Å²) >= 11 is 0. The molecule has 3 heteroatoms. The second-order valence-electron chi connectivity index (χ2n) is 5.00. The van der Waals surface area contributed by atoms with E-state index in [-0.39, 0.29) is 0 Å². The van der Waals surface area contributed by atoms with E-state index in [4.69, 9.17) is 0 Å². The van der Waals surface area contributed by atoms with Crippen LogP contribution >= 0.6 is 0 Å². The highest BCUT2D eigenvalue weighted by Crippen LogP contribution is 2.22. The summed E-state index contributed by atoms with van der Waals surface area (Å²) in [5.74, 6) is 0. The predicted octanol–water partition coefficient (Wildman–Crippen LogP) is 1.52. The van der Waals surface area contributed by atoms with Crippen molar-refractivity contribution in [3.05, 3.63) is 29.8 Å². The standard InChI is InChI=1S/C14H21N3/c1-2-10-17(9-1)13-5-3-12(4-6-13)14-11-15-7-8-16-14/h3-6,14-16H,1-2,7-11H2/t14-/m0/s1. The molecule has 3 nitrogen and oxygen atoms in total. The smallest absolute Gasteiger partial charge is 0.0447 e. The summed E-state index contributed by atoms with van der Waals surface area (Å²) < 4.78 is 0. The van der Waals surface area contributed by atoms with Crippen LogP contribution in [0.25, 0.3) is 0 Å². The number of benzene rings is 1. The van der Waals surface area contributed by atoms with Crippen LogP contribution < -0.4 is 15.5 Å². The van der Waals surface area contributed by atoms with Gasteiger partial charge in [0, 0.05) is 44.5 Å². The number of hydrogen-bond acceptors (Lipinski definition) is 3. The molecule has 3 rings (SSSR count). The fraction of sp³-hybridized carbons (Fsp3) is 0.571. The van der Waals surface area contributed by atoms with Crippen molar-refractivity contribution in [2.24, 2.45) is 0 Å². The fourth-order valence-corrected chi connectivity index (χ4v) is 2.78. The first-order chi connectivity index (χ1) is 8.43. The Kier molecular flexibility index (Phi) is 3.29. The maximum Gasteiger partial charge on any atom is 0.0447 e. The summed E-state index contributed by atoms with van der Waals surface area (Å²) in [5, 5.41) is 6.98. The highest BCUT2D eigenvalue weighted by molar-refractivity contribution is 5.48. The number of nitrogens with one attached hydrogen (secondary N) is 2. The van der Waals surface area contributed by atoms with Gasteiger partial charge in [-0.2, -0.15) is 0 Å². The maximum absolute atomic E-state index is 3.55. The van der Waals surface area contributed by atoms with Crippen LogP contribution in [0.1, 0.15) is 24.4 Å². The van der Waals surface area contributed by atoms with Crippen LogP contribution in [-0.2, 0) is 0 Å². The van der Waals surface area contributed by atoms with E-state index >= 15 is 0 Å². The molecule has 0 spiro atoms. The summed E-state index contributed by atoms with van der Waals surface area (Å²) in [6.45, 7) is 5.65. The molecule has 0 unspecified atom stereocenters. The van der Waals surface area contributed by atoms with Gasteiger partial charge < -0.3 is 15.5 Å². The van der Waals surface area contributed by atoms with E-state index in [1.54, 1.807) is 0 Å². The predicted molar refractivity (Wildman–Crippen MR) is 71.5 cm³/mol. The van der Waals surface area contributed by atoms with Crippen LogP contribution in [0.4, 0.5) is 5.69 Å². The maximum atomic E-state index is 3.55. The number of anilines is 1. The number of rotatable bonds is 2. The molecule has 1 aromatic carbocycles. The molecule has 0 aliphatic carbocycles. The van der Waals surface area contributed by atoms with Crippen molar-refractivity contribution in [2.75, 3.05) is 37.6 Å². The van der Waals surface area contributed by atoms with Gasteiger partial charge in [0.25, 0.3) is 0 Å². The van der Waals surface area contributed by atoms with Gasteiger partial charge in [0.05, 0.1) is 0 Å². The third-order valence-electron chi connectivity index (χ3n) is 3.81. The van der Waals surface area contributed by atoms with Gasteiger partial charge in [0.2, 0.25) is 0 Å². The lowest BCUT2D eigenvalue weighted by Crippen LogP contribution is -2.42. The van der Waals surface area contributed by atoms with Crippen LogP contribution in [-0.4, -0.2) is 32.7 Å². The zero-order valence-electron chi connectivity index (χ0n) is 10.3. The molecule has 17 heavy (non-hydrogen) atoms. The van der Waals surface area contributed by atoms with Gasteiger partial charge in [-0.3, -0.25) is 0 Å². The van der Waals surface area contributed by atoms with Gasteiger partial charge in [-0.25, -0.2) is 0 Å². The lowest BCUT2D eigenvalue weighted by molar-refractivity contribution is 0.430. The molecule has 0 bridgehead atoms. The lowest BCUT2D eigenvalue weighted by atomic mass is 10.0. The van der Waals surface area contributed by atoms with Gasteiger partial charge in [-0.1, -0.05) is 12.1 Å². The molecule has 0 amide bonds. The van der Waals surface area contributed by atoms with Crippen LogP contribution in [0.15, 0.2) is 24.3 Å². The molecule has 2 fully saturated rings. The highest BCUT2D eigenvalue weighted by atomic mass is 15.1. The van der Waals surface area contributed by atoms with Crippen molar-refractivity contribution in [3.8, 4) is 0 Å². The average molecular weight is 231 g/mol. The van der Waals surface area contributed by atoms with Crippen molar-refractivity contribution in [1.29, 1.82) is 0 Å². The summed E-state index contributed by atoms with van der Waals surface area (Å²) in [4.78, 5) is 2.48. The van der Waals surface area contributed by atoms with Crippen LogP contribution in [0.3, 0.4) is 0 Å². The van der Waals surface area contributed by atoms with Gasteiger partial charge >= 0.3 is 0 Å². The monoisotopic (exact) mass is 231 g/mol. The third-order valence-corrected chi connectivity index (χ3v) is 3.81. The highest BCUT2D eigenvalue weighted by Gasteiger charge is 2.15. The molecule has 0 saturated carbocycles. The molecule has 2 heterocycles. The second-order valence-corrected chi connectivity index (χ2v) is 5.00. The number of piperazine rings is 1. The van der Waals surface area contributed by atoms with Gasteiger partial charge in [-0.15, -0.1) is 0 Å². The van der Waals surface area contributed by atoms with Gasteiger partial charge in [0.1, 0.15) is 0 Å². The Bertz CT molecular complexity index is 348. The first-order valence-corrected chi connectivity index (χ1v) is 6.72. The summed E-state index contributed by atoms with van der Waals surface area (Å²) in [6, 6.07) is 9.58. The molecular formula is C14H21N3. The van der Waals surface area contributed by atoms with Crippen molar-refractivity contribution in [1.82, 2.24) is 10.6 Å². The van der Waals surface area contributed by atoms with Crippen LogP contribution in [0, 0.1) is 0 Å². The first-order valence-electron chi connectivity index (χ1n) is 6.72. The SMILES string of the molecule is c1cc(N2CCCC2)ccc1[C@@H]1CNCCN1. The number of hydrogen-bond donors (Lipinski definition) is 2. The van der Waals surface area contributed by atoms with E-state index in [0.717, 1.165) is 19.6 Å². The van der Waals surface area contributed by atoms with Crippen LogP contribution in [0.5, 0.6) is 0 Å². The Morgan fingerprint density at radius 1 is 1.00 bits per heavy atom. The minimum atomic E-state index is 0.483. The molecule has 2 aliphatic rings. The van der Waals surface area contributed by atoms with E-state index in [2.05, 4.69) is 39.8 Å². The normalized spacial score (nSPS) is 25.2. The second kappa shape index (κ2) is 5.07. The topological polar surface area (TPSA) is 27.3 Å². The van der Waals surface area contributed by atoms with Crippen molar-refractivity contribution in [3.63, 3.8) is 0 Å². The first kappa shape index (κ1) is 11.1. The zero-order valence-corrected chi connectivity index (χ0v) is 10.3. The molecule has 0 radical (unpaired) electrons. The Morgan fingerprint density at radius 2 is 1.76 bits per heavy atom. The fourth-order valence-electron chi connectivity index (χ4n) is 2.78. The van der Waals surface area contributed by atoms with Gasteiger partial charge in [0.15, 0.2) is 0 Å². The molecule has 1 atom stereocenters. The van der Waals surface area contributed by atoms with Crippen molar-refractivity contribution >= 4 is 5.69 Å². The summed E-state index contributed by atoms with van der Waals surface area (Å²) in [5.41, 5.74) is 2.79. The molecular weight excluding hydrogens is 210 g/mol. The summed E-state index contributed by atoms with van der Waals surface area (Å²) in [7, 11) is 0. The minimum absolute atomic E-state index is 0.483. The molecule has 2 aliphatic heterocycles. The molecule has 2 saturated heterocycles. The van der Waals surface area contributed by atoms with E-state index in [9.17, 15) is 0 Å². The summed E-state index contributed by atoms with van der Waals surface area (Å²) in [6.07, 6.45) is 2.69. The van der Waals surface area contributed by atoms with E-state index in [0.29, 0.717) is 6.04 Å². The molecule has 92 valence electrons. The lowest BCUT2D eigenvalue weighted by Gasteiger charge is -2.25. The van der Waals surface area contributed by atoms with E-state index < -0.39 is 0 Å². The Hall–Kier alpha value is -1.06. The van der Waals surface area contributed by atoms with Crippen molar-refractivity contribution in [2.45, 2.75) is 18.9 Å². The third kappa shape index (κ3) is 2.45. The number of nitrogens with zero attached hydrogens (tertiary/aromatic N) is 1. The molecule has 0 aromatic heterocycles. The van der Waals surface area contributed by atoms with E-state index in [1.165, 1.54) is 37.2 Å². The zero-order chi connectivity index (χ0) is 11.5. The molecule has 1 aromatic rings. The largest absolute Gasteiger partial charge is 0.372 e. The Morgan fingerprint density at radius 3 is 2.41 bits per heavy atom. The van der Waals surface area contributed by atoms with Crippen molar-refractivity contribution < 1.29 is 0 Å². The average Bonchev–Trinajstić information content (AvgIpc) is 2.94. The minimum Gasteiger partial charge on any atom is -0.372 e.